The second kappa shape index (κ2) is 9.40. The molecule has 2 aliphatic heterocycles. The number of likely N-dealkylation sites (tertiary alicyclic amines) is 1. The normalized spacial score (nSPS) is 18.2. The number of halogens is 1. The van der Waals surface area contributed by atoms with Gasteiger partial charge in [-0.2, -0.15) is 0 Å². The van der Waals surface area contributed by atoms with Crippen LogP contribution < -0.4 is 5.73 Å². The van der Waals surface area contributed by atoms with E-state index in [-0.39, 0.29) is 0 Å². The number of nitrogens with two attached hydrogens (primary N) is 1. The van der Waals surface area contributed by atoms with Crippen molar-refractivity contribution in [2.45, 2.75) is 77.4 Å². The van der Waals surface area contributed by atoms with Gasteiger partial charge in [0.1, 0.15) is 17.8 Å². The fourth-order valence-electron chi connectivity index (χ4n) is 3.77. The number of anilines is 1. The summed E-state index contributed by atoms with van der Waals surface area (Å²) < 4.78 is 13.2. The van der Waals surface area contributed by atoms with Crippen molar-refractivity contribution < 1.29 is 4.39 Å². The third kappa shape index (κ3) is 5.00. The maximum Gasteiger partial charge on any atom is 0.132 e. The van der Waals surface area contributed by atoms with Gasteiger partial charge in [0.2, 0.25) is 0 Å². The SMILES string of the molecule is CCCCc1nc(N)c2c(n1)C(CCCCCN1CCC(F)CC1)=NC2. The van der Waals surface area contributed by atoms with Crippen LogP contribution in [0.3, 0.4) is 0 Å². The van der Waals surface area contributed by atoms with Crippen LogP contribution in [0.2, 0.25) is 0 Å². The first-order valence-corrected chi connectivity index (χ1v) is 10.2. The van der Waals surface area contributed by atoms with E-state index < -0.39 is 6.17 Å². The molecule has 0 aromatic carbocycles. The molecule has 3 heterocycles. The van der Waals surface area contributed by atoms with Crippen molar-refractivity contribution >= 4 is 11.5 Å². The third-order valence-corrected chi connectivity index (χ3v) is 5.45. The van der Waals surface area contributed by atoms with Crippen LogP contribution in [0.1, 0.15) is 75.4 Å². The molecule has 0 radical (unpaired) electrons. The summed E-state index contributed by atoms with van der Waals surface area (Å²) in [6, 6.07) is 0. The Bertz CT molecular complexity index is 623. The Morgan fingerprint density at radius 2 is 1.88 bits per heavy atom. The highest BCUT2D eigenvalue weighted by atomic mass is 19.1. The number of hydrogen-bond acceptors (Lipinski definition) is 5. The van der Waals surface area contributed by atoms with Crippen LogP contribution in [0, 0.1) is 0 Å². The number of fused-ring (bicyclic) bond motifs is 1. The van der Waals surface area contributed by atoms with Crippen molar-refractivity contribution in [2.75, 3.05) is 25.4 Å². The van der Waals surface area contributed by atoms with Gasteiger partial charge in [-0.05, 0) is 45.1 Å². The molecule has 26 heavy (non-hydrogen) atoms. The van der Waals surface area contributed by atoms with E-state index in [1.54, 1.807) is 0 Å². The topological polar surface area (TPSA) is 67.4 Å². The molecule has 1 aromatic heterocycles. The molecule has 2 N–H and O–H groups in total. The van der Waals surface area contributed by atoms with Gasteiger partial charge in [0.25, 0.3) is 0 Å². The predicted octanol–water partition coefficient (Wildman–Crippen LogP) is 3.70. The van der Waals surface area contributed by atoms with Crippen molar-refractivity contribution in [1.82, 2.24) is 14.9 Å². The lowest BCUT2D eigenvalue weighted by Gasteiger charge is -2.28. The number of rotatable bonds is 9. The number of nitrogen functional groups attached to an aromatic ring is 1. The molecule has 0 spiro atoms. The van der Waals surface area contributed by atoms with Crippen LogP contribution >= 0.6 is 0 Å². The van der Waals surface area contributed by atoms with Gasteiger partial charge in [-0.1, -0.05) is 19.8 Å². The molecule has 0 bridgehead atoms. The van der Waals surface area contributed by atoms with Crippen LogP contribution in [0.4, 0.5) is 10.2 Å². The Morgan fingerprint density at radius 3 is 2.65 bits per heavy atom. The zero-order valence-electron chi connectivity index (χ0n) is 16.0. The largest absolute Gasteiger partial charge is 0.383 e. The summed E-state index contributed by atoms with van der Waals surface area (Å²) >= 11 is 0. The number of aryl methyl sites for hydroxylation is 1. The number of piperidine rings is 1. The van der Waals surface area contributed by atoms with Crippen LogP contribution in [0.25, 0.3) is 0 Å². The summed E-state index contributed by atoms with van der Waals surface area (Å²) in [5.41, 5.74) is 9.22. The molecular formula is C20H32FN5. The lowest BCUT2D eigenvalue weighted by Crippen LogP contribution is -2.35. The Labute approximate surface area is 156 Å². The maximum atomic E-state index is 13.2. The Hall–Kier alpha value is -1.56. The van der Waals surface area contributed by atoms with Crippen LogP contribution in [0.5, 0.6) is 0 Å². The minimum atomic E-state index is -0.580. The van der Waals surface area contributed by atoms with Crippen LogP contribution in [-0.4, -0.2) is 46.4 Å². The van der Waals surface area contributed by atoms with E-state index in [1.165, 1.54) is 12.8 Å². The first-order chi connectivity index (χ1) is 12.7. The first-order valence-electron chi connectivity index (χ1n) is 10.2. The quantitative estimate of drug-likeness (QED) is 0.681. The van der Waals surface area contributed by atoms with Gasteiger partial charge in [0, 0.05) is 25.1 Å². The van der Waals surface area contributed by atoms with Crippen molar-refractivity contribution in [2.24, 2.45) is 4.99 Å². The summed E-state index contributed by atoms with van der Waals surface area (Å²) in [5.74, 6) is 1.46. The molecule has 1 fully saturated rings. The summed E-state index contributed by atoms with van der Waals surface area (Å²) in [7, 11) is 0. The highest BCUT2D eigenvalue weighted by Gasteiger charge is 2.22. The zero-order valence-corrected chi connectivity index (χ0v) is 16.0. The lowest BCUT2D eigenvalue weighted by molar-refractivity contribution is 0.149. The lowest BCUT2D eigenvalue weighted by atomic mass is 10.1. The zero-order chi connectivity index (χ0) is 18.4. The van der Waals surface area contributed by atoms with Gasteiger partial charge in [-0.25, -0.2) is 14.4 Å². The smallest absolute Gasteiger partial charge is 0.132 e. The predicted molar refractivity (Wildman–Crippen MR) is 104 cm³/mol. The molecular weight excluding hydrogens is 329 g/mol. The molecule has 0 saturated carbocycles. The van der Waals surface area contributed by atoms with Crippen LogP contribution in [0.15, 0.2) is 4.99 Å². The summed E-state index contributed by atoms with van der Waals surface area (Å²) in [6.45, 7) is 5.72. The van der Waals surface area contributed by atoms with E-state index in [1.807, 2.05) is 0 Å². The molecule has 6 heteroatoms. The maximum absolute atomic E-state index is 13.2. The Balaban J connectivity index is 1.43. The standard InChI is InChI=1S/C20H32FN5/c1-2-3-8-18-24-19-16(20(22)25-18)14-23-17(19)7-5-4-6-11-26-12-9-15(21)10-13-26/h15H,2-14H2,1H3,(H2,22,24,25). The van der Waals surface area contributed by atoms with Gasteiger partial charge < -0.3 is 10.6 Å². The summed E-state index contributed by atoms with van der Waals surface area (Å²) in [6.07, 6.45) is 8.35. The molecule has 0 unspecified atom stereocenters. The molecule has 5 nitrogen and oxygen atoms in total. The van der Waals surface area contributed by atoms with Crippen molar-refractivity contribution in [3.63, 3.8) is 0 Å². The molecule has 144 valence electrons. The van der Waals surface area contributed by atoms with Crippen molar-refractivity contribution in [1.29, 1.82) is 0 Å². The highest BCUT2D eigenvalue weighted by molar-refractivity contribution is 6.02. The van der Waals surface area contributed by atoms with E-state index >= 15 is 0 Å². The Kier molecular flexibility index (Phi) is 6.94. The molecule has 1 saturated heterocycles. The van der Waals surface area contributed by atoms with Gasteiger partial charge in [-0.15, -0.1) is 0 Å². The molecule has 2 aliphatic rings. The van der Waals surface area contributed by atoms with E-state index in [2.05, 4.69) is 21.8 Å². The fraction of sp³-hybridized carbons (Fsp3) is 0.750. The average molecular weight is 362 g/mol. The number of unbranched alkanes of at least 4 members (excludes halogenated alkanes) is 3. The second-order valence-corrected chi connectivity index (χ2v) is 7.55. The summed E-state index contributed by atoms with van der Waals surface area (Å²) in [4.78, 5) is 16.3. The van der Waals surface area contributed by atoms with E-state index in [4.69, 9.17) is 10.7 Å². The van der Waals surface area contributed by atoms with Crippen molar-refractivity contribution in [3.8, 4) is 0 Å². The third-order valence-electron chi connectivity index (χ3n) is 5.45. The first kappa shape index (κ1) is 19.2. The molecule has 1 aromatic rings. The number of aliphatic imine (C=N–C) groups is 1. The van der Waals surface area contributed by atoms with E-state index in [0.717, 1.165) is 74.5 Å². The number of hydrogen-bond donors (Lipinski definition) is 1. The van der Waals surface area contributed by atoms with Crippen LogP contribution in [-0.2, 0) is 13.0 Å². The van der Waals surface area contributed by atoms with Gasteiger partial charge >= 0.3 is 0 Å². The highest BCUT2D eigenvalue weighted by Crippen LogP contribution is 2.25. The second-order valence-electron chi connectivity index (χ2n) is 7.55. The molecule has 0 amide bonds. The minimum absolute atomic E-state index is 0.580. The average Bonchev–Trinajstić information content (AvgIpc) is 3.05. The van der Waals surface area contributed by atoms with Gasteiger partial charge in [-0.3, -0.25) is 4.99 Å². The van der Waals surface area contributed by atoms with Gasteiger partial charge in [0.15, 0.2) is 0 Å². The monoisotopic (exact) mass is 361 g/mol. The summed E-state index contributed by atoms with van der Waals surface area (Å²) in [5, 5.41) is 0. The van der Waals surface area contributed by atoms with E-state index in [9.17, 15) is 4.39 Å². The Morgan fingerprint density at radius 1 is 1.08 bits per heavy atom. The number of aromatic nitrogens is 2. The molecule has 0 atom stereocenters. The minimum Gasteiger partial charge on any atom is -0.383 e. The fourth-order valence-corrected chi connectivity index (χ4v) is 3.77. The number of alkyl halides is 1. The van der Waals surface area contributed by atoms with E-state index in [0.29, 0.717) is 25.2 Å². The van der Waals surface area contributed by atoms with Gasteiger partial charge in [0.05, 0.1) is 18.0 Å². The molecule has 3 rings (SSSR count). The van der Waals surface area contributed by atoms with Crippen molar-refractivity contribution in [3.05, 3.63) is 17.1 Å². The molecule has 0 aliphatic carbocycles. The number of nitrogens with zero attached hydrogens (tertiary/aromatic N) is 4.